The quantitative estimate of drug-likeness (QED) is 0.493. The number of carbonyl (C=O) groups excluding carboxylic acids is 2. The number of pyridine rings is 1. The fraction of sp³-hybridized carbons (Fsp3) is 0.200. The highest BCUT2D eigenvalue weighted by molar-refractivity contribution is 6.03. The molecule has 0 unspecified atom stereocenters. The van der Waals surface area contributed by atoms with Crippen LogP contribution >= 0.6 is 0 Å². The Bertz CT molecular complexity index is 1250. The second kappa shape index (κ2) is 8.63. The molecular formula is C25H23N5O2. The van der Waals surface area contributed by atoms with Crippen LogP contribution in [0, 0.1) is 0 Å². The van der Waals surface area contributed by atoms with Crippen molar-refractivity contribution in [2.24, 2.45) is 0 Å². The Hall–Kier alpha value is -4.00. The zero-order valence-electron chi connectivity index (χ0n) is 17.5. The molecule has 0 radical (unpaired) electrons. The van der Waals surface area contributed by atoms with E-state index in [0.29, 0.717) is 19.0 Å². The molecule has 0 bridgehead atoms. The summed E-state index contributed by atoms with van der Waals surface area (Å²) in [7, 11) is 0. The molecule has 2 aromatic carbocycles. The highest BCUT2D eigenvalue weighted by Gasteiger charge is 2.40. The maximum atomic E-state index is 13.4. The van der Waals surface area contributed by atoms with Crippen LogP contribution in [0.4, 0.5) is 5.95 Å². The van der Waals surface area contributed by atoms with Crippen LogP contribution in [0.2, 0.25) is 0 Å². The Morgan fingerprint density at radius 2 is 1.75 bits per heavy atom. The minimum atomic E-state index is -0.620. The topological polar surface area (TPSA) is 80.1 Å². The molecule has 1 aliphatic rings. The fourth-order valence-electron chi connectivity index (χ4n) is 4.16. The third-order valence-electron chi connectivity index (χ3n) is 5.70. The van der Waals surface area contributed by atoms with Gasteiger partial charge in [0, 0.05) is 18.9 Å². The van der Waals surface area contributed by atoms with Gasteiger partial charge in [-0.1, -0.05) is 48.5 Å². The van der Waals surface area contributed by atoms with Crippen LogP contribution in [-0.4, -0.2) is 32.9 Å². The third-order valence-corrected chi connectivity index (χ3v) is 5.70. The lowest BCUT2D eigenvalue weighted by Gasteiger charge is -2.16. The zero-order valence-corrected chi connectivity index (χ0v) is 17.5. The molecule has 0 fully saturated rings. The fourth-order valence-corrected chi connectivity index (χ4v) is 4.16. The van der Waals surface area contributed by atoms with Crippen LogP contribution in [0.25, 0.3) is 11.0 Å². The molecule has 7 nitrogen and oxygen atoms in total. The summed E-state index contributed by atoms with van der Waals surface area (Å²) in [6.07, 6.45) is 4.26. The van der Waals surface area contributed by atoms with Gasteiger partial charge in [0.15, 0.2) is 0 Å². The van der Waals surface area contributed by atoms with Crippen molar-refractivity contribution in [2.75, 3.05) is 11.4 Å². The van der Waals surface area contributed by atoms with E-state index in [-0.39, 0.29) is 18.2 Å². The summed E-state index contributed by atoms with van der Waals surface area (Å²) in [5.74, 6) is 0.300. The largest absolute Gasteiger partial charge is 0.356 e. The second-order valence-electron chi connectivity index (χ2n) is 7.86. The first kappa shape index (κ1) is 19.9. The number of nitrogens with one attached hydrogen (secondary N) is 1. The lowest BCUT2D eigenvalue weighted by atomic mass is 10.1. The Morgan fingerprint density at radius 3 is 2.56 bits per heavy atom. The molecule has 32 heavy (non-hydrogen) atoms. The van der Waals surface area contributed by atoms with E-state index in [4.69, 9.17) is 4.98 Å². The number of carbonyl (C=O) groups is 2. The van der Waals surface area contributed by atoms with Gasteiger partial charge in [-0.3, -0.25) is 24.0 Å². The third kappa shape index (κ3) is 3.85. The number of hydrogen-bond donors (Lipinski definition) is 1. The maximum Gasteiger partial charge on any atom is 0.253 e. The lowest BCUT2D eigenvalue weighted by molar-refractivity contribution is -0.127. The summed E-state index contributed by atoms with van der Waals surface area (Å²) < 4.78 is 1.89. The molecule has 0 aliphatic carbocycles. The molecular weight excluding hydrogens is 402 g/mol. The van der Waals surface area contributed by atoms with Gasteiger partial charge in [0.05, 0.1) is 24.0 Å². The molecule has 4 aromatic rings. The molecule has 7 heteroatoms. The van der Waals surface area contributed by atoms with Gasteiger partial charge in [-0.15, -0.1) is 0 Å². The summed E-state index contributed by atoms with van der Waals surface area (Å²) in [6.45, 7) is 0.892. The van der Waals surface area contributed by atoms with Gasteiger partial charge < -0.3 is 5.32 Å². The second-order valence-corrected chi connectivity index (χ2v) is 7.86. The van der Waals surface area contributed by atoms with Crippen molar-refractivity contribution in [3.63, 3.8) is 0 Å². The number of benzene rings is 2. The van der Waals surface area contributed by atoms with E-state index in [1.165, 1.54) is 0 Å². The van der Waals surface area contributed by atoms with E-state index in [1.807, 2.05) is 71.3 Å². The molecule has 0 saturated carbocycles. The normalized spacial score (nSPS) is 15.2. The first-order valence-electron chi connectivity index (χ1n) is 10.7. The predicted octanol–water partition coefficient (Wildman–Crippen LogP) is 3.27. The zero-order chi connectivity index (χ0) is 21.9. The molecule has 0 saturated heterocycles. The number of rotatable bonds is 7. The Kier molecular flexibility index (Phi) is 5.37. The van der Waals surface area contributed by atoms with E-state index in [1.54, 1.807) is 17.3 Å². The van der Waals surface area contributed by atoms with Crippen molar-refractivity contribution in [3.05, 3.63) is 90.3 Å². The molecule has 5 rings (SSSR count). The number of aromatic nitrogens is 3. The van der Waals surface area contributed by atoms with E-state index in [2.05, 4.69) is 10.3 Å². The number of nitrogens with zero attached hydrogens (tertiary/aromatic N) is 4. The molecule has 2 amide bonds. The van der Waals surface area contributed by atoms with Crippen molar-refractivity contribution in [3.8, 4) is 0 Å². The average molecular weight is 425 g/mol. The molecule has 3 heterocycles. The average Bonchev–Trinajstić information content (AvgIpc) is 3.31. The van der Waals surface area contributed by atoms with Crippen LogP contribution in [0.3, 0.4) is 0 Å². The van der Waals surface area contributed by atoms with Crippen molar-refractivity contribution in [2.45, 2.75) is 25.4 Å². The van der Waals surface area contributed by atoms with Crippen LogP contribution < -0.4 is 10.2 Å². The van der Waals surface area contributed by atoms with Crippen LogP contribution in [0.5, 0.6) is 0 Å². The van der Waals surface area contributed by atoms with Crippen molar-refractivity contribution >= 4 is 28.8 Å². The van der Waals surface area contributed by atoms with Gasteiger partial charge in [0.25, 0.3) is 5.91 Å². The van der Waals surface area contributed by atoms with Crippen LogP contribution in [-0.2, 0) is 22.6 Å². The van der Waals surface area contributed by atoms with Crippen LogP contribution in [0.1, 0.15) is 23.6 Å². The first-order valence-corrected chi connectivity index (χ1v) is 10.7. The van der Waals surface area contributed by atoms with Gasteiger partial charge in [-0.05, 0) is 35.7 Å². The van der Waals surface area contributed by atoms with Gasteiger partial charge in [-0.25, -0.2) is 4.98 Å². The van der Waals surface area contributed by atoms with E-state index >= 15 is 0 Å². The summed E-state index contributed by atoms with van der Waals surface area (Å²) >= 11 is 0. The monoisotopic (exact) mass is 425 g/mol. The SMILES string of the molecule is O=C(C[C@H]1C(=O)N(Cc2cccnc2)c2nc3ccccc3n21)NCCc1ccccc1. The molecule has 2 aromatic heterocycles. The van der Waals surface area contributed by atoms with Gasteiger partial charge in [0.1, 0.15) is 6.04 Å². The number of fused-ring (bicyclic) bond motifs is 3. The number of para-hydroxylation sites is 2. The number of imidazole rings is 1. The predicted molar refractivity (Wildman–Crippen MR) is 122 cm³/mol. The standard InChI is InChI=1S/C25H23N5O2/c31-23(27-14-12-18-7-2-1-3-8-18)15-22-24(32)29(17-19-9-6-13-26-16-19)25-28-20-10-4-5-11-21(20)30(22)25/h1-11,13,16,22H,12,14-15,17H2,(H,27,31)/t22-/m0/s1. The van der Waals surface area contributed by atoms with Gasteiger partial charge >= 0.3 is 0 Å². The maximum absolute atomic E-state index is 13.4. The first-order chi connectivity index (χ1) is 15.7. The van der Waals surface area contributed by atoms with Crippen molar-refractivity contribution in [1.29, 1.82) is 0 Å². The summed E-state index contributed by atoms with van der Waals surface area (Å²) in [6, 6.07) is 20.9. The minimum Gasteiger partial charge on any atom is -0.356 e. The van der Waals surface area contributed by atoms with E-state index in [0.717, 1.165) is 28.6 Å². The molecule has 1 aliphatic heterocycles. The summed E-state index contributed by atoms with van der Waals surface area (Å²) in [4.78, 5) is 36.6. The Labute approximate surface area is 185 Å². The van der Waals surface area contributed by atoms with Gasteiger partial charge in [0.2, 0.25) is 11.9 Å². The number of anilines is 1. The summed E-state index contributed by atoms with van der Waals surface area (Å²) in [5.41, 5.74) is 3.73. The van der Waals surface area contributed by atoms with Crippen molar-refractivity contribution < 1.29 is 9.59 Å². The lowest BCUT2D eigenvalue weighted by Crippen LogP contribution is -2.33. The van der Waals surface area contributed by atoms with Crippen LogP contribution in [0.15, 0.2) is 79.1 Å². The van der Waals surface area contributed by atoms with E-state index < -0.39 is 6.04 Å². The smallest absolute Gasteiger partial charge is 0.253 e. The molecule has 0 spiro atoms. The number of amides is 2. The Balaban J connectivity index is 1.36. The molecule has 1 N–H and O–H groups in total. The van der Waals surface area contributed by atoms with Gasteiger partial charge in [-0.2, -0.15) is 0 Å². The minimum absolute atomic E-state index is 0.0739. The highest BCUT2D eigenvalue weighted by atomic mass is 16.2. The Morgan fingerprint density at radius 1 is 0.969 bits per heavy atom. The molecule has 160 valence electrons. The highest BCUT2D eigenvalue weighted by Crippen LogP contribution is 2.37. The summed E-state index contributed by atoms with van der Waals surface area (Å²) in [5, 5.41) is 2.96. The van der Waals surface area contributed by atoms with E-state index in [9.17, 15) is 9.59 Å². The molecule has 1 atom stereocenters. The van der Waals surface area contributed by atoms with Crippen molar-refractivity contribution in [1.82, 2.24) is 19.9 Å². The number of hydrogen-bond acceptors (Lipinski definition) is 4.